The molecule has 0 aromatic heterocycles. The Hall–Kier alpha value is -0.120. The van der Waals surface area contributed by atoms with E-state index in [1.165, 1.54) is 39.2 Å². The summed E-state index contributed by atoms with van der Waals surface area (Å²) in [6.45, 7) is 0. The summed E-state index contributed by atoms with van der Waals surface area (Å²) in [4.78, 5) is 5.41. The van der Waals surface area contributed by atoms with Crippen LogP contribution in [-0.4, -0.2) is 18.4 Å². The molecule has 0 aliphatic heterocycles. The molecule has 3 aliphatic carbocycles. The minimum atomic E-state index is 0.257. The van der Waals surface area contributed by atoms with Crippen LogP contribution in [0.5, 0.6) is 0 Å². The van der Waals surface area contributed by atoms with E-state index < -0.39 is 0 Å². The van der Waals surface area contributed by atoms with E-state index in [1.807, 2.05) is 0 Å². The van der Waals surface area contributed by atoms with Gasteiger partial charge >= 0.3 is 0 Å². The third kappa shape index (κ3) is 1.16. The van der Waals surface area contributed by atoms with Crippen molar-refractivity contribution in [1.29, 1.82) is 0 Å². The number of rotatable bonds is 2. The molecule has 0 N–H and O–H groups in total. The van der Waals surface area contributed by atoms with E-state index in [-0.39, 0.29) is 6.10 Å². The van der Waals surface area contributed by atoms with Gasteiger partial charge in [-0.1, -0.05) is 6.42 Å². The highest BCUT2D eigenvalue weighted by Gasteiger charge is 2.56. The second-order valence-corrected chi connectivity index (χ2v) is 5.17. The van der Waals surface area contributed by atoms with Crippen LogP contribution < -0.4 is 0 Å². The molecule has 0 aromatic carbocycles. The average molecular weight is 196 g/mol. The summed E-state index contributed by atoms with van der Waals surface area (Å²) >= 11 is 0. The van der Waals surface area contributed by atoms with Gasteiger partial charge in [-0.2, -0.15) is 0 Å². The van der Waals surface area contributed by atoms with E-state index in [4.69, 9.17) is 4.84 Å². The monoisotopic (exact) mass is 196 g/mol. The molecule has 0 heterocycles. The Bertz CT molecular complexity index is 213. The smallest absolute Gasteiger partial charge is 0.0842 e. The maximum absolute atomic E-state index is 10.9. The molecule has 3 heteroatoms. The Morgan fingerprint density at radius 2 is 1.57 bits per heavy atom. The van der Waals surface area contributed by atoms with E-state index in [1.54, 1.807) is 0 Å². The molecule has 4 unspecified atom stereocenters. The summed E-state index contributed by atoms with van der Waals surface area (Å²) in [5.41, 5.74) is 0. The zero-order valence-electron chi connectivity index (χ0n) is 8.69. The highest BCUT2D eigenvalue weighted by atomic mass is 16.9. The molecule has 0 amide bonds. The molecule has 14 heavy (non-hydrogen) atoms. The topological polar surface area (TPSA) is 35.5 Å². The van der Waals surface area contributed by atoms with Gasteiger partial charge in [0, 0.05) is 0 Å². The van der Waals surface area contributed by atoms with Gasteiger partial charge in [0.15, 0.2) is 0 Å². The lowest BCUT2D eigenvalue weighted by Gasteiger charge is -2.29. The Labute approximate surface area is 84.9 Å². The van der Waals surface area contributed by atoms with Crippen LogP contribution in [0.2, 0.25) is 0 Å². The van der Waals surface area contributed by atoms with Crippen LogP contribution in [0.25, 0.3) is 0 Å². The van der Waals surface area contributed by atoms with Crippen LogP contribution in [0.1, 0.15) is 32.1 Å². The molecule has 80 valence electrons. The quantitative estimate of drug-likeness (QED) is 0.635. The fourth-order valence-corrected chi connectivity index (χ4v) is 4.35. The predicted molar refractivity (Wildman–Crippen MR) is 53.0 cm³/mol. The molecule has 2 bridgehead atoms. The molecule has 3 saturated carbocycles. The van der Waals surface area contributed by atoms with Gasteiger partial charge in [-0.3, -0.25) is 5.23 Å². The molecule has 3 fully saturated rings. The minimum Gasteiger partial charge on any atom is -0.762 e. The summed E-state index contributed by atoms with van der Waals surface area (Å²) in [5, 5.41) is 11.6. The van der Waals surface area contributed by atoms with E-state index in [9.17, 15) is 5.21 Å². The van der Waals surface area contributed by atoms with Crippen LogP contribution in [0.15, 0.2) is 0 Å². The zero-order chi connectivity index (χ0) is 9.71. The number of fused-ring (bicyclic) bond motifs is 5. The van der Waals surface area contributed by atoms with Crippen molar-refractivity contribution in [3.05, 3.63) is 5.21 Å². The van der Waals surface area contributed by atoms with Crippen LogP contribution >= 0.6 is 0 Å². The number of hydrogen-bond donors (Lipinski definition) is 0. The average Bonchev–Trinajstić information content (AvgIpc) is 2.74. The molecule has 0 radical (unpaired) electrons. The van der Waals surface area contributed by atoms with Gasteiger partial charge in [0.2, 0.25) is 0 Å². The summed E-state index contributed by atoms with van der Waals surface area (Å²) in [6.07, 6.45) is 7.02. The molecule has 3 nitrogen and oxygen atoms in total. The van der Waals surface area contributed by atoms with Crippen molar-refractivity contribution in [3.63, 3.8) is 0 Å². The second-order valence-electron chi connectivity index (χ2n) is 5.17. The Morgan fingerprint density at radius 3 is 2.07 bits per heavy atom. The fourth-order valence-electron chi connectivity index (χ4n) is 4.35. The highest BCUT2D eigenvalue weighted by Crippen LogP contribution is 2.59. The normalized spacial score (nSPS) is 50.4. The Balaban J connectivity index is 1.77. The third-order valence-electron chi connectivity index (χ3n) is 4.67. The van der Waals surface area contributed by atoms with Gasteiger partial charge in [-0.05, 0) is 56.4 Å². The molecule has 0 saturated heterocycles. The van der Waals surface area contributed by atoms with Crippen LogP contribution in [0.3, 0.4) is 0 Å². The predicted octanol–water partition coefficient (Wildman–Crippen LogP) is 2.17. The van der Waals surface area contributed by atoms with Crippen LogP contribution in [0, 0.1) is 28.9 Å². The third-order valence-corrected chi connectivity index (χ3v) is 4.67. The first-order chi connectivity index (χ1) is 6.77. The molecular formula is C11H18NO2-. The van der Waals surface area contributed by atoms with Crippen molar-refractivity contribution in [1.82, 2.24) is 5.23 Å². The maximum atomic E-state index is 10.9. The molecule has 3 aliphatic rings. The first-order valence-electron chi connectivity index (χ1n) is 5.85. The van der Waals surface area contributed by atoms with Crippen molar-refractivity contribution in [3.8, 4) is 0 Å². The molecule has 0 aromatic rings. The summed E-state index contributed by atoms with van der Waals surface area (Å²) in [7, 11) is 1.47. The lowest BCUT2D eigenvalue weighted by molar-refractivity contribution is -0.165. The van der Waals surface area contributed by atoms with Crippen molar-refractivity contribution in [2.45, 2.75) is 38.2 Å². The summed E-state index contributed by atoms with van der Waals surface area (Å²) in [6, 6.07) is 0. The highest BCUT2D eigenvalue weighted by molar-refractivity contribution is 5.05. The maximum Gasteiger partial charge on any atom is 0.0842 e. The summed E-state index contributed by atoms with van der Waals surface area (Å²) in [5.74, 6) is 3.17. The molecule has 4 atom stereocenters. The lowest BCUT2D eigenvalue weighted by atomic mass is 9.82. The standard InChI is InChI=1S/C11H18NO2/c1-12(13)14-11-9-5-6-10(11)8-4-2-3-7(8)9/h7-11H,2-6H2,1H3/q-1. The van der Waals surface area contributed by atoms with Crippen LogP contribution in [0.4, 0.5) is 0 Å². The molecular weight excluding hydrogens is 178 g/mol. The van der Waals surface area contributed by atoms with Gasteiger partial charge < -0.3 is 10.0 Å². The van der Waals surface area contributed by atoms with Crippen molar-refractivity contribution in [2.75, 3.05) is 7.05 Å². The molecule has 0 spiro atoms. The first kappa shape index (κ1) is 9.13. The number of hydrogen-bond acceptors (Lipinski definition) is 3. The second kappa shape index (κ2) is 3.19. The Morgan fingerprint density at radius 1 is 1.00 bits per heavy atom. The largest absolute Gasteiger partial charge is 0.762 e. The van der Waals surface area contributed by atoms with E-state index in [2.05, 4.69) is 0 Å². The van der Waals surface area contributed by atoms with Gasteiger partial charge in [0.1, 0.15) is 0 Å². The van der Waals surface area contributed by atoms with Crippen molar-refractivity contribution < 1.29 is 4.84 Å². The van der Waals surface area contributed by atoms with Crippen molar-refractivity contribution >= 4 is 0 Å². The first-order valence-corrected chi connectivity index (χ1v) is 5.85. The van der Waals surface area contributed by atoms with Gasteiger partial charge in [0.25, 0.3) is 0 Å². The van der Waals surface area contributed by atoms with Gasteiger partial charge in [0.05, 0.1) is 6.10 Å². The zero-order valence-corrected chi connectivity index (χ0v) is 8.69. The van der Waals surface area contributed by atoms with E-state index in [0.29, 0.717) is 17.1 Å². The van der Waals surface area contributed by atoms with Gasteiger partial charge in [-0.15, -0.1) is 0 Å². The van der Waals surface area contributed by atoms with E-state index in [0.717, 1.165) is 11.8 Å². The minimum absolute atomic E-state index is 0.257. The van der Waals surface area contributed by atoms with E-state index >= 15 is 0 Å². The number of hydroxylamine groups is 2. The SMILES string of the molecule is CN([O-])OC1C2CCC1C1CCCC12. The number of nitrogens with zero attached hydrogens (tertiary/aromatic N) is 1. The van der Waals surface area contributed by atoms with Crippen molar-refractivity contribution in [2.24, 2.45) is 23.7 Å². The van der Waals surface area contributed by atoms with Crippen LogP contribution in [-0.2, 0) is 4.84 Å². The summed E-state index contributed by atoms with van der Waals surface area (Å²) < 4.78 is 0. The fraction of sp³-hybridized carbons (Fsp3) is 1.00. The lowest BCUT2D eigenvalue weighted by Crippen LogP contribution is -2.27. The van der Waals surface area contributed by atoms with Gasteiger partial charge in [-0.25, -0.2) is 0 Å². The molecule has 3 rings (SSSR count). The Kier molecular flexibility index (Phi) is 2.08.